The smallest absolute Gasteiger partial charge is 0.264 e. The Hall–Kier alpha value is -2.34. The lowest BCUT2D eigenvalue weighted by atomic mass is 10.2. The van der Waals surface area contributed by atoms with Crippen molar-refractivity contribution in [3.63, 3.8) is 0 Å². The molecule has 0 unspecified atom stereocenters. The van der Waals surface area contributed by atoms with Gasteiger partial charge in [-0.25, -0.2) is 0 Å². The number of rotatable bonds is 6. The van der Waals surface area contributed by atoms with Crippen molar-refractivity contribution < 1.29 is 9.53 Å². The molecule has 0 bridgehead atoms. The van der Waals surface area contributed by atoms with Gasteiger partial charge < -0.3 is 9.64 Å². The highest BCUT2D eigenvalue weighted by Crippen LogP contribution is 2.22. The first-order valence-corrected chi connectivity index (χ1v) is 11.4. The van der Waals surface area contributed by atoms with Gasteiger partial charge in [-0.1, -0.05) is 41.9 Å². The average molecular weight is 441 g/mol. The quantitative estimate of drug-likeness (QED) is 0.525. The van der Waals surface area contributed by atoms with Crippen LogP contribution in [0.25, 0.3) is 0 Å². The molecule has 4 rings (SSSR count). The summed E-state index contributed by atoms with van der Waals surface area (Å²) >= 11 is 7.46. The molecule has 6 heteroatoms. The molecule has 1 aromatic heterocycles. The average Bonchev–Trinajstić information content (AvgIpc) is 3.24. The molecule has 0 aliphatic carbocycles. The van der Waals surface area contributed by atoms with Crippen molar-refractivity contribution in [1.82, 2.24) is 9.80 Å². The number of ether oxygens (including phenoxy) is 1. The summed E-state index contributed by atoms with van der Waals surface area (Å²) in [7, 11) is 0. The number of amides is 1. The Morgan fingerprint density at radius 2 is 1.77 bits per heavy atom. The van der Waals surface area contributed by atoms with Crippen LogP contribution >= 0.6 is 22.9 Å². The van der Waals surface area contributed by atoms with E-state index in [4.69, 9.17) is 16.3 Å². The fraction of sp³-hybridized carbons (Fsp3) is 0.292. The molecule has 156 valence electrons. The maximum absolute atomic E-state index is 12.9. The van der Waals surface area contributed by atoms with Crippen LogP contribution in [0.15, 0.2) is 60.0 Å². The van der Waals surface area contributed by atoms with Gasteiger partial charge in [0.2, 0.25) is 0 Å². The molecule has 30 heavy (non-hydrogen) atoms. The molecule has 3 aromatic rings. The van der Waals surface area contributed by atoms with Gasteiger partial charge in [-0.2, -0.15) is 0 Å². The van der Waals surface area contributed by atoms with E-state index in [0.717, 1.165) is 59.5 Å². The monoisotopic (exact) mass is 440 g/mol. The zero-order valence-electron chi connectivity index (χ0n) is 17.0. The van der Waals surface area contributed by atoms with E-state index in [0.29, 0.717) is 6.61 Å². The number of aryl methyl sites for hydroxylation is 1. The third-order valence-electron chi connectivity index (χ3n) is 5.33. The lowest BCUT2D eigenvalue weighted by Gasteiger charge is -2.34. The second kappa shape index (κ2) is 9.65. The Kier molecular flexibility index (Phi) is 6.72. The first kappa shape index (κ1) is 20.9. The van der Waals surface area contributed by atoms with Gasteiger partial charge in [-0.15, -0.1) is 11.3 Å². The van der Waals surface area contributed by atoms with Gasteiger partial charge in [0.1, 0.15) is 12.4 Å². The predicted molar refractivity (Wildman–Crippen MR) is 122 cm³/mol. The SMILES string of the molecule is Cc1ccccc1OCc1csc(C(=O)N2CCN(Cc3ccc(Cl)cc3)CC2)c1. The van der Waals surface area contributed by atoms with E-state index < -0.39 is 0 Å². The zero-order valence-corrected chi connectivity index (χ0v) is 18.6. The van der Waals surface area contributed by atoms with Gasteiger partial charge in [0.25, 0.3) is 5.91 Å². The molecule has 2 heterocycles. The normalized spacial score (nSPS) is 14.7. The summed E-state index contributed by atoms with van der Waals surface area (Å²) in [6, 6.07) is 17.9. The molecule has 1 saturated heterocycles. The zero-order chi connectivity index (χ0) is 20.9. The van der Waals surface area contributed by atoms with Gasteiger partial charge in [0.15, 0.2) is 0 Å². The third-order valence-corrected chi connectivity index (χ3v) is 6.55. The van der Waals surface area contributed by atoms with Crippen molar-refractivity contribution in [2.75, 3.05) is 26.2 Å². The number of thiophene rings is 1. The number of halogens is 1. The highest BCUT2D eigenvalue weighted by atomic mass is 35.5. The number of piperazine rings is 1. The summed E-state index contributed by atoms with van der Waals surface area (Å²) in [5.41, 5.74) is 3.39. The van der Waals surface area contributed by atoms with E-state index in [1.807, 2.05) is 59.7 Å². The minimum absolute atomic E-state index is 0.119. The van der Waals surface area contributed by atoms with Crippen LogP contribution in [-0.2, 0) is 13.2 Å². The lowest BCUT2D eigenvalue weighted by Crippen LogP contribution is -2.48. The largest absolute Gasteiger partial charge is 0.489 e. The molecule has 0 radical (unpaired) electrons. The molecule has 0 N–H and O–H groups in total. The first-order chi connectivity index (χ1) is 14.6. The molecule has 1 aliphatic heterocycles. The van der Waals surface area contributed by atoms with E-state index in [9.17, 15) is 4.79 Å². The minimum Gasteiger partial charge on any atom is -0.489 e. The van der Waals surface area contributed by atoms with Gasteiger partial charge in [-0.3, -0.25) is 9.69 Å². The minimum atomic E-state index is 0.119. The second-order valence-electron chi connectivity index (χ2n) is 7.57. The number of hydrogen-bond donors (Lipinski definition) is 0. The van der Waals surface area contributed by atoms with E-state index in [1.165, 1.54) is 16.9 Å². The number of hydrogen-bond acceptors (Lipinski definition) is 4. The van der Waals surface area contributed by atoms with Crippen molar-refractivity contribution in [3.8, 4) is 5.75 Å². The van der Waals surface area contributed by atoms with Gasteiger partial charge in [0, 0.05) is 43.3 Å². The van der Waals surface area contributed by atoms with Crippen LogP contribution in [0.5, 0.6) is 5.75 Å². The van der Waals surface area contributed by atoms with E-state index in [1.54, 1.807) is 0 Å². The summed E-state index contributed by atoms with van der Waals surface area (Å²) in [4.78, 5) is 18.0. The van der Waals surface area contributed by atoms with Crippen molar-refractivity contribution in [3.05, 3.63) is 86.6 Å². The van der Waals surface area contributed by atoms with E-state index in [2.05, 4.69) is 17.0 Å². The van der Waals surface area contributed by atoms with Crippen molar-refractivity contribution in [1.29, 1.82) is 0 Å². The highest BCUT2D eigenvalue weighted by Gasteiger charge is 2.23. The van der Waals surface area contributed by atoms with Crippen LogP contribution < -0.4 is 4.74 Å². The Labute approximate surface area is 186 Å². The van der Waals surface area contributed by atoms with Crippen LogP contribution in [-0.4, -0.2) is 41.9 Å². The molecule has 4 nitrogen and oxygen atoms in total. The molecule has 2 aromatic carbocycles. The number of carbonyl (C=O) groups excluding carboxylic acids is 1. The highest BCUT2D eigenvalue weighted by molar-refractivity contribution is 7.12. The van der Waals surface area contributed by atoms with Gasteiger partial charge in [0.05, 0.1) is 4.88 Å². The number of para-hydroxylation sites is 1. The molecular weight excluding hydrogens is 416 g/mol. The standard InChI is InChI=1S/C24H25ClN2O2S/c1-18-4-2-3-5-22(18)29-16-20-14-23(30-17-20)24(28)27-12-10-26(11-13-27)15-19-6-8-21(25)9-7-19/h2-9,14,17H,10-13,15-16H2,1H3. The Morgan fingerprint density at radius 1 is 1.03 bits per heavy atom. The van der Waals surface area contributed by atoms with Crippen LogP contribution in [0.1, 0.15) is 26.4 Å². The van der Waals surface area contributed by atoms with Crippen LogP contribution in [0.2, 0.25) is 5.02 Å². The summed E-state index contributed by atoms with van der Waals surface area (Å²) in [6.45, 7) is 6.65. The van der Waals surface area contributed by atoms with E-state index in [-0.39, 0.29) is 5.91 Å². The molecule has 0 saturated carbocycles. The van der Waals surface area contributed by atoms with Crippen LogP contribution in [0, 0.1) is 6.92 Å². The third kappa shape index (κ3) is 5.22. The fourth-order valence-electron chi connectivity index (χ4n) is 3.56. The Bertz CT molecular complexity index is 994. The predicted octanol–water partition coefficient (Wildman–Crippen LogP) is 5.25. The Morgan fingerprint density at radius 3 is 2.50 bits per heavy atom. The summed E-state index contributed by atoms with van der Waals surface area (Å²) in [5.74, 6) is 1.00. The number of benzene rings is 2. The first-order valence-electron chi connectivity index (χ1n) is 10.1. The van der Waals surface area contributed by atoms with E-state index >= 15 is 0 Å². The van der Waals surface area contributed by atoms with Gasteiger partial charge >= 0.3 is 0 Å². The molecule has 1 fully saturated rings. The second-order valence-corrected chi connectivity index (χ2v) is 8.92. The van der Waals surface area contributed by atoms with Crippen molar-refractivity contribution in [2.24, 2.45) is 0 Å². The van der Waals surface area contributed by atoms with Crippen LogP contribution in [0.4, 0.5) is 0 Å². The maximum atomic E-state index is 12.9. The van der Waals surface area contributed by atoms with Gasteiger partial charge in [-0.05, 0) is 47.7 Å². The molecule has 1 aliphatic rings. The molecule has 1 amide bonds. The summed E-state index contributed by atoms with van der Waals surface area (Å²) in [5, 5.41) is 2.77. The number of carbonyl (C=O) groups is 1. The topological polar surface area (TPSA) is 32.8 Å². The van der Waals surface area contributed by atoms with Crippen molar-refractivity contribution >= 4 is 28.8 Å². The summed E-state index contributed by atoms with van der Waals surface area (Å²) < 4.78 is 5.91. The van der Waals surface area contributed by atoms with Crippen LogP contribution in [0.3, 0.4) is 0 Å². The molecular formula is C24H25ClN2O2S. The lowest BCUT2D eigenvalue weighted by molar-refractivity contribution is 0.0633. The summed E-state index contributed by atoms with van der Waals surface area (Å²) in [6.07, 6.45) is 0. The molecule has 0 spiro atoms. The number of nitrogens with zero attached hydrogens (tertiary/aromatic N) is 2. The van der Waals surface area contributed by atoms with Crippen molar-refractivity contribution in [2.45, 2.75) is 20.1 Å². The maximum Gasteiger partial charge on any atom is 0.264 e. The molecule has 0 atom stereocenters. The fourth-order valence-corrected chi connectivity index (χ4v) is 4.55. The Balaban J connectivity index is 1.28.